The topological polar surface area (TPSA) is 82.3 Å². The predicted octanol–water partition coefficient (Wildman–Crippen LogP) is 3.09. The minimum absolute atomic E-state index is 0.0317. The molecule has 0 unspecified atom stereocenters. The van der Waals surface area contributed by atoms with Gasteiger partial charge in [0.15, 0.2) is 0 Å². The van der Waals surface area contributed by atoms with Crippen LogP contribution in [0.1, 0.15) is 26.5 Å². The number of nitro groups is 1. The number of fused-ring (bicyclic) bond motifs is 1. The van der Waals surface area contributed by atoms with E-state index in [1.807, 2.05) is 0 Å². The van der Waals surface area contributed by atoms with E-state index in [1.54, 1.807) is 19.9 Å². The Morgan fingerprint density at radius 2 is 2.20 bits per heavy atom. The molecular weight excluding hydrogens is 280 g/mol. The Labute approximate surface area is 119 Å². The van der Waals surface area contributed by atoms with Gasteiger partial charge < -0.3 is 4.74 Å². The van der Waals surface area contributed by atoms with Crippen LogP contribution in [-0.2, 0) is 16.0 Å². The zero-order valence-corrected chi connectivity index (χ0v) is 12.2. The second-order valence-corrected chi connectivity index (χ2v) is 5.90. The number of hydrogen-bond acceptors (Lipinski definition) is 6. The third-order valence-electron chi connectivity index (χ3n) is 2.75. The van der Waals surface area contributed by atoms with Crippen molar-refractivity contribution in [2.24, 2.45) is 0 Å². The molecule has 0 saturated heterocycles. The molecule has 1 heterocycles. The van der Waals surface area contributed by atoms with Gasteiger partial charge in [0.1, 0.15) is 5.60 Å². The molecule has 2 aromatic rings. The monoisotopic (exact) mass is 294 g/mol. The van der Waals surface area contributed by atoms with Crippen LogP contribution in [0.2, 0.25) is 0 Å². The Hall–Kier alpha value is -2.02. The predicted molar refractivity (Wildman–Crippen MR) is 75.8 cm³/mol. The SMILES string of the molecule is CC(=O)OC(C)(C)Cc1nsc2ccc([N+](=O)[O-])cc12. The lowest BCUT2D eigenvalue weighted by Crippen LogP contribution is -2.29. The summed E-state index contributed by atoms with van der Waals surface area (Å²) in [6, 6.07) is 4.66. The molecule has 0 bridgehead atoms. The number of aromatic nitrogens is 1. The average Bonchev–Trinajstić information content (AvgIpc) is 2.69. The summed E-state index contributed by atoms with van der Waals surface area (Å²) in [5.74, 6) is -0.361. The van der Waals surface area contributed by atoms with E-state index in [0.717, 1.165) is 10.1 Å². The largest absolute Gasteiger partial charge is 0.459 e. The third-order valence-corrected chi connectivity index (χ3v) is 3.62. The van der Waals surface area contributed by atoms with E-state index < -0.39 is 10.5 Å². The first-order chi connectivity index (χ1) is 9.28. The molecule has 0 spiro atoms. The minimum Gasteiger partial charge on any atom is -0.459 e. The fourth-order valence-electron chi connectivity index (χ4n) is 2.05. The molecule has 2 rings (SSSR count). The summed E-state index contributed by atoms with van der Waals surface area (Å²) in [5, 5.41) is 11.6. The number of non-ortho nitro benzene ring substituents is 1. The van der Waals surface area contributed by atoms with Gasteiger partial charge in [0.05, 0.1) is 15.3 Å². The fraction of sp³-hybridized carbons (Fsp3) is 0.385. The van der Waals surface area contributed by atoms with Crippen LogP contribution in [0.5, 0.6) is 0 Å². The van der Waals surface area contributed by atoms with Gasteiger partial charge in [0.2, 0.25) is 0 Å². The summed E-state index contributed by atoms with van der Waals surface area (Å²) in [4.78, 5) is 21.5. The van der Waals surface area contributed by atoms with E-state index in [1.165, 1.54) is 30.6 Å². The van der Waals surface area contributed by atoms with Crippen molar-refractivity contribution in [3.8, 4) is 0 Å². The lowest BCUT2D eigenvalue weighted by molar-refractivity contribution is -0.384. The maximum atomic E-state index is 11.1. The summed E-state index contributed by atoms with van der Waals surface area (Å²) in [5.41, 5.74) is 0.0430. The van der Waals surface area contributed by atoms with E-state index in [2.05, 4.69) is 4.37 Å². The Morgan fingerprint density at radius 1 is 1.50 bits per heavy atom. The highest BCUT2D eigenvalue weighted by molar-refractivity contribution is 7.13. The molecule has 20 heavy (non-hydrogen) atoms. The van der Waals surface area contributed by atoms with Crippen molar-refractivity contribution in [2.45, 2.75) is 32.8 Å². The number of nitro benzene ring substituents is 1. The molecule has 0 saturated carbocycles. The maximum Gasteiger partial charge on any atom is 0.303 e. The third kappa shape index (κ3) is 3.11. The molecular formula is C13H14N2O4S. The van der Waals surface area contributed by atoms with Crippen molar-refractivity contribution in [1.82, 2.24) is 4.37 Å². The van der Waals surface area contributed by atoms with Crippen molar-refractivity contribution in [3.05, 3.63) is 34.0 Å². The van der Waals surface area contributed by atoms with Crippen molar-refractivity contribution in [2.75, 3.05) is 0 Å². The molecule has 7 heteroatoms. The highest BCUT2D eigenvalue weighted by Gasteiger charge is 2.25. The summed E-state index contributed by atoms with van der Waals surface area (Å²) in [6.45, 7) is 4.93. The van der Waals surface area contributed by atoms with Gasteiger partial charge in [-0.15, -0.1) is 0 Å². The van der Waals surface area contributed by atoms with E-state index in [0.29, 0.717) is 12.1 Å². The molecule has 0 fully saturated rings. The van der Waals surface area contributed by atoms with Crippen LogP contribution in [0.4, 0.5) is 5.69 Å². The van der Waals surface area contributed by atoms with Crippen LogP contribution in [0, 0.1) is 10.1 Å². The van der Waals surface area contributed by atoms with E-state index >= 15 is 0 Å². The van der Waals surface area contributed by atoms with Gasteiger partial charge in [0, 0.05) is 30.9 Å². The number of ether oxygens (including phenoxy) is 1. The first-order valence-corrected chi connectivity index (χ1v) is 6.78. The molecule has 0 aliphatic carbocycles. The molecule has 0 N–H and O–H groups in total. The molecule has 6 nitrogen and oxygen atoms in total. The van der Waals surface area contributed by atoms with Crippen LogP contribution in [0.25, 0.3) is 10.1 Å². The van der Waals surface area contributed by atoms with Gasteiger partial charge in [-0.1, -0.05) is 0 Å². The second-order valence-electron chi connectivity index (χ2n) is 5.10. The number of hydrogen-bond donors (Lipinski definition) is 0. The molecule has 1 aromatic carbocycles. The molecule has 1 aromatic heterocycles. The smallest absolute Gasteiger partial charge is 0.303 e. The number of carbonyl (C=O) groups is 1. The lowest BCUT2D eigenvalue weighted by atomic mass is 10.00. The Kier molecular flexibility index (Phi) is 3.71. The maximum absolute atomic E-state index is 11.1. The Morgan fingerprint density at radius 3 is 2.80 bits per heavy atom. The number of carbonyl (C=O) groups excluding carboxylic acids is 1. The van der Waals surface area contributed by atoms with Gasteiger partial charge in [0.25, 0.3) is 5.69 Å². The van der Waals surface area contributed by atoms with Gasteiger partial charge in [-0.05, 0) is 31.4 Å². The fourth-order valence-corrected chi connectivity index (χ4v) is 2.82. The van der Waals surface area contributed by atoms with Crippen LogP contribution in [0.15, 0.2) is 18.2 Å². The highest BCUT2D eigenvalue weighted by Crippen LogP contribution is 2.29. The highest BCUT2D eigenvalue weighted by atomic mass is 32.1. The van der Waals surface area contributed by atoms with Crippen molar-refractivity contribution in [1.29, 1.82) is 0 Å². The normalized spacial score (nSPS) is 11.6. The van der Waals surface area contributed by atoms with Crippen LogP contribution in [-0.4, -0.2) is 20.9 Å². The second kappa shape index (κ2) is 5.16. The molecule has 0 aliphatic rings. The molecule has 0 amide bonds. The van der Waals surface area contributed by atoms with E-state index in [4.69, 9.17) is 4.74 Å². The van der Waals surface area contributed by atoms with Crippen molar-refractivity contribution in [3.63, 3.8) is 0 Å². The minimum atomic E-state index is -0.697. The van der Waals surface area contributed by atoms with E-state index in [9.17, 15) is 14.9 Å². The standard InChI is InChI=1S/C13H14N2O4S/c1-8(16)19-13(2,3)7-11-10-6-9(15(17)18)4-5-12(10)20-14-11/h4-6H,7H2,1-3H3. The Bertz CT molecular complexity index is 678. The number of nitrogens with zero attached hydrogens (tertiary/aromatic N) is 2. The number of benzene rings is 1. The van der Waals surface area contributed by atoms with E-state index in [-0.39, 0.29) is 11.7 Å². The zero-order valence-electron chi connectivity index (χ0n) is 11.4. The van der Waals surface area contributed by atoms with Gasteiger partial charge in [-0.25, -0.2) is 0 Å². The van der Waals surface area contributed by atoms with Crippen molar-refractivity contribution < 1.29 is 14.5 Å². The lowest BCUT2D eigenvalue weighted by Gasteiger charge is -2.23. The first-order valence-electron chi connectivity index (χ1n) is 6.01. The van der Waals surface area contributed by atoms with Crippen LogP contribution < -0.4 is 0 Å². The summed E-state index contributed by atoms with van der Waals surface area (Å²) in [6.07, 6.45) is 0.410. The van der Waals surface area contributed by atoms with Gasteiger partial charge >= 0.3 is 5.97 Å². The molecule has 0 radical (unpaired) electrons. The Balaban J connectivity index is 2.37. The summed E-state index contributed by atoms with van der Waals surface area (Å²) < 4.78 is 10.4. The molecule has 0 atom stereocenters. The summed E-state index contributed by atoms with van der Waals surface area (Å²) in [7, 11) is 0. The number of esters is 1. The average molecular weight is 294 g/mol. The number of rotatable bonds is 4. The van der Waals surface area contributed by atoms with Gasteiger partial charge in [-0.2, -0.15) is 4.37 Å². The molecule has 106 valence electrons. The van der Waals surface area contributed by atoms with Crippen molar-refractivity contribution >= 4 is 33.3 Å². The van der Waals surface area contributed by atoms with Gasteiger partial charge in [-0.3, -0.25) is 14.9 Å². The van der Waals surface area contributed by atoms with Crippen LogP contribution >= 0.6 is 11.5 Å². The first kappa shape index (κ1) is 14.4. The quantitative estimate of drug-likeness (QED) is 0.491. The summed E-state index contributed by atoms with van der Waals surface area (Å²) >= 11 is 1.28. The van der Waals surface area contributed by atoms with Crippen LogP contribution in [0.3, 0.4) is 0 Å². The zero-order chi connectivity index (χ0) is 14.9. The molecule has 0 aliphatic heterocycles.